The van der Waals surface area contributed by atoms with E-state index in [1.165, 1.54) is 5.69 Å². The molecule has 1 unspecified atom stereocenters. The smallest absolute Gasteiger partial charge is 0.271 e. The molecule has 7 heteroatoms. The van der Waals surface area contributed by atoms with E-state index in [0.29, 0.717) is 18.3 Å². The topological polar surface area (TPSA) is 62.2 Å². The molecular weight excluding hydrogens is 362 g/mol. The van der Waals surface area contributed by atoms with Crippen LogP contribution in [-0.2, 0) is 0 Å². The van der Waals surface area contributed by atoms with Gasteiger partial charge in [-0.1, -0.05) is 18.2 Å². The molecule has 1 aromatic carbocycles. The summed E-state index contributed by atoms with van der Waals surface area (Å²) in [7, 11) is 2.10. The van der Waals surface area contributed by atoms with Gasteiger partial charge in [-0.25, -0.2) is 0 Å². The summed E-state index contributed by atoms with van der Waals surface area (Å²) in [6, 6.07) is 12.5. The van der Waals surface area contributed by atoms with Gasteiger partial charge in [0.25, 0.3) is 5.91 Å². The Kier molecular flexibility index (Phi) is 8.61. The monoisotopic (exact) mass is 391 g/mol. The molecular formula is C20H30ClN5O. The number of piperidine rings is 1. The van der Waals surface area contributed by atoms with Crippen molar-refractivity contribution in [3.63, 3.8) is 0 Å². The largest absolute Gasteiger partial charge is 0.375 e. The molecule has 1 aromatic heterocycles. The zero-order chi connectivity index (χ0) is 18.2. The van der Waals surface area contributed by atoms with E-state index in [1.807, 2.05) is 23.0 Å². The van der Waals surface area contributed by atoms with Crippen LogP contribution in [-0.4, -0.2) is 48.9 Å². The minimum Gasteiger partial charge on any atom is -0.375 e. The highest BCUT2D eigenvalue weighted by Gasteiger charge is 2.17. The number of nitrogens with one attached hydrogen (secondary N) is 2. The first kappa shape index (κ1) is 21.3. The lowest BCUT2D eigenvalue weighted by Gasteiger charge is -2.22. The van der Waals surface area contributed by atoms with E-state index < -0.39 is 0 Å². The Morgan fingerprint density at radius 1 is 1.30 bits per heavy atom. The molecule has 148 valence electrons. The normalized spacial score (nSPS) is 16.4. The Bertz CT molecular complexity index is 685. The number of rotatable bonds is 8. The van der Waals surface area contributed by atoms with Crippen LogP contribution in [0.5, 0.6) is 0 Å². The highest BCUT2D eigenvalue weighted by Crippen LogP contribution is 2.15. The second-order valence-electron chi connectivity index (χ2n) is 6.90. The molecule has 0 bridgehead atoms. The molecule has 0 saturated carbocycles. The summed E-state index contributed by atoms with van der Waals surface area (Å²) in [6.45, 7) is 3.66. The van der Waals surface area contributed by atoms with E-state index in [2.05, 4.69) is 51.9 Å². The van der Waals surface area contributed by atoms with Crippen molar-refractivity contribution < 1.29 is 4.79 Å². The SMILES string of the molecule is CN(CCCCNC(=O)c1ccn(C2CCCNC2)n1)c1ccccc1.Cl. The molecule has 1 aliphatic heterocycles. The third-order valence-corrected chi connectivity index (χ3v) is 4.89. The first-order valence-electron chi connectivity index (χ1n) is 9.54. The van der Waals surface area contributed by atoms with Crippen molar-refractivity contribution in [1.29, 1.82) is 0 Å². The molecule has 2 aromatic rings. The summed E-state index contributed by atoms with van der Waals surface area (Å²) in [6.07, 6.45) is 6.18. The Morgan fingerprint density at radius 3 is 2.85 bits per heavy atom. The van der Waals surface area contributed by atoms with Crippen LogP contribution in [0.3, 0.4) is 0 Å². The number of para-hydroxylation sites is 1. The van der Waals surface area contributed by atoms with Gasteiger partial charge in [-0.3, -0.25) is 9.48 Å². The molecule has 3 rings (SSSR count). The fraction of sp³-hybridized carbons (Fsp3) is 0.500. The van der Waals surface area contributed by atoms with Crippen molar-refractivity contribution in [1.82, 2.24) is 20.4 Å². The van der Waals surface area contributed by atoms with Crippen LogP contribution in [0.15, 0.2) is 42.6 Å². The highest BCUT2D eigenvalue weighted by molar-refractivity contribution is 5.92. The fourth-order valence-electron chi connectivity index (χ4n) is 3.30. The van der Waals surface area contributed by atoms with Crippen LogP contribution in [0.2, 0.25) is 0 Å². The number of benzene rings is 1. The molecule has 0 spiro atoms. The van der Waals surface area contributed by atoms with Gasteiger partial charge in [-0.15, -0.1) is 12.4 Å². The van der Waals surface area contributed by atoms with E-state index in [4.69, 9.17) is 0 Å². The number of carbonyl (C=O) groups is 1. The summed E-state index contributed by atoms with van der Waals surface area (Å²) >= 11 is 0. The summed E-state index contributed by atoms with van der Waals surface area (Å²) < 4.78 is 1.93. The minimum absolute atomic E-state index is 0. The highest BCUT2D eigenvalue weighted by atomic mass is 35.5. The number of nitrogens with zero attached hydrogens (tertiary/aromatic N) is 3. The molecule has 1 amide bonds. The molecule has 27 heavy (non-hydrogen) atoms. The summed E-state index contributed by atoms with van der Waals surface area (Å²) in [5.74, 6) is -0.0797. The van der Waals surface area contributed by atoms with E-state index in [9.17, 15) is 4.79 Å². The molecule has 1 aliphatic rings. The first-order valence-corrected chi connectivity index (χ1v) is 9.54. The van der Waals surface area contributed by atoms with Crippen molar-refractivity contribution in [2.24, 2.45) is 0 Å². The summed E-state index contributed by atoms with van der Waals surface area (Å²) in [4.78, 5) is 14.5. The van der Waals surface area contributed by atoms with E-state index in [-0.39, 0.29) is 18.3 Å². The van der Waals surface area contributed by atoms with Gasteiger partial charge in [0.05, 0.1) is 6.04 Å². The molecule has 1 fully saturated rings. The first-order chi connectivity index (χ1) is 12.7. The predicted octanol–water partition coefficient (Wildman–Crippen LogP) is 2.88. The molecule has 0 aliphatic carbocycles. The number of hydrogen-bond acceptors (Lipinski definition) is 4. The second-order valence-corrected chi connectivity index (χ2v) is 6.90. The second kappa shape index (κ2) is 10.9. The van der Waals surface area contributed by atoms with Crippen LogP contribution in [0, 0.1) is 0 Å². The number of halogens is 1. The number of aromatic nitrogens is 2. The van der Waals surface area contributed by atoms with Crippen molar-refractivity contribution >= 4 is 24.0 Å². The molecule has 1 atom stereocenters. The number of unbranched alkanes of at least 4 members (excludes halogenated alkanes) is 1. The van der Waals surface area contributed by atoms with Gasteiger partial charge in [0, 0.05) is 38.6 Å². The number of carbonyl (C=O) groups excluding carboxylic acids is 1. The van der Waals surface area contributed by atoms with Gasteiger partial charge in [0.1, 0.15) is 5.69 Å². The molecule has 2 N–H and O–H groups in total. The lowest BCUT2D eigenvalue weighted by Crippen LogP contribution is -2.32. The predicted molar refractivity (Wildman–Crippen MR) is 112 cm³/mol. The maximum atomic E-state index is 12.2. The van der Waals surface area contributed by atoms with Crippen LogP contribution in [0.4, 0.5) is 5.69 Å². The maximum absolute atomic E-state index is 12.2. The van der Waals surface area contributed by atoms with Crippen molar-refractivity contribution in [2.75, 3.05) is 38.1 Å². The van der Waals surface area contributed by atoms with Crippen LogP contribution < -0.4 is 15.5 Å². The van der Waals surface area contributed by atoms with Crippen molar-refractivity contribution in [3.8, 4) is 0 Å². The van der Waals surface area contributed by atoms with Gasteiger partial charge < -0.3 is 15.5 Å². The standard InChI is InChI=1S/C20H29N5O.ClH/c1-24(17-8-3-2-4-9-17)14-6-5-13-22-20(26)19-11-15-25(23-19)18-10-7-12-21-16-18;/h2-4,8-9,11,15,18,21H,5-7,10,12-14,16H2,1H3,(H,22,26);1H. The minimum atomic E-state index is -0.0797. The van der Waals surface area contributed by atoms with Gasteiger partial charge in [0.15, 0.2) is 0 Å². The zero-order valence-electron chi connectivity index (χ0n) is 15.9. The Morgan fingerprint density at radius 2 is 2.11 bits per heavy atom. The Labute approximate surface area is 167 Å². The number of amides is 1. The lowest BCUT2D eigenvalue weighted by molar-refractivity contribution is 0.0946. The summed E-state index contributed by atoms with van der Waals surface area (Å²) in [5, 5.41) is 10.8. The molecule has 0 radical (unpaired) electrons. The van der Waals surface area contributed by atoms with Gasteiger partial charge in [0.2, 0.25) is 0 Å². The van der Waals surface area contributed by atoms with Crippen LogP contribution in [0.1, 0.15) is 42.2 Å². The lowest BCUT2D eigenvalue weighted by atomic mass is 10.1. The average molecular weight is 392 g/mol. The molecule has 1 saturated heterocycles. The maximum Gasteiger partial charge on any atom is 0.271 e. The Hall–Kier alpha value is -2.05. The zero-order valence-corrected chi connectivity index (χ0v) is 16.8. The van der Waals surface area contributed by atoms with Crippen molar-refractivity contribution in [2.45, 2.75) is 31.7 Å². The number of hydrogen-bond donors (Lipinski definition) is 2. The van der Waals surface area contributed by atoms with Gasteiger partial charge >= 0.3 is 0 Å². The molecule has 6 nitrogen and oxygen atoms in total. The average Bonchev–Trinajstić information content (AvgIpc) is 3.19. The fourth-order valence-corrected chi connectivity index (χ4v) is 3.30. The third-order valence-electron chi connectivity index (χ3n) is 4.89. The summed E-state index contributed by atoms with van der Waals surface area (Å²) in [5.41, 5.74) is 1.73. The van der Waals surface area contributed by atoms with Crippen molar-refractivity contribution in [3.05, 3.63) is 48.3 Å². The molecule has 2 heterocycles. The Balaban J connectivity index is 0.00000261. The van der Waals surface area contributed by atoms with Crippen LogP contribution in [0.25, 0.3) is 0 Å². The van der Waals surface area contributed by atoms with Gasteiger partial charge in [-0.2, -0.15) is 5.10 Å². The van der Waals surface area contributed by atoms with Crippen LogP contribution >= 0.6 is 12.4 Å². The number of anilines is 1. The third kappa shape index (κ3) is 6.26. The van der Waals surface area contributed by atoms with Gasteiger partial charge in [-0.05, 0) is 50.4 Å². The quantitative estimate of drug-likeness (QED) is 0.679. The van der Waals surface area contributed by atoms with E-state index in [1.54, 1.807) is 0 Å². The van der Waals surface area contributed by atoms with E-state index >= 15 is 0 Å². The van der Waals surface area contributed by atoms with E-state index in [0.717, 1.165) is 45.3 Å².